The molecule has 6 heteroatoms. The fraction of sp³-hybridized carbons (Fsp3) is 0.471. The lowest BCUT2D eigenvalue weighted by atomic mass is 10.1. The number of hydrogen-bond donors (Lipinski definition) is 1. The van der Waals surface area contributed by atoms with Crippen LogP contribution < -0.4 is 10.1 Å². The van der Waals surface area contributed by atoms with Crippen molar-refractivity contribution in [2.45, 2.75) is 45.2 Å². The lowest BCUT2D eigenvalue weighted by Gasteiger charge is -2.29. The van der Waals surface area contributed by atoms with Crippen molar-refractivity contribution in [1.82, 2.24) is 10.2 Å². The molecule has 2 aliphatic rings. The van der Waals surface area contributed by atoms with Gasteiger partial charge in [-0.1, -0.05) is 25.8 Å². The maximum absolute atomic E-state index is 11.9. The third-order valence-electron chi connectivity index (χ3n) is 4.14. The van der Waals surface area contributed by atoms with Crippen molar-refractivity contribution >= 4 is 23.8 Å². The number of imide groups is 1. The SMILES string of the molecule is CCCCCOc1cccc2c1CN(C1CC(=O)NC1=O)C=N2. The van der Waals surface area contributed by atoms with Crippen molar-refractivity contribution < 1.29 is 14.3 Å². The average Bonchev–Trinajstić information content (AvgIpc) is 2.90. The number of unbranched alkanes of at least 4 members (excludes halogenated alkanes) is 2. The van der Waals surface area contributed by atoms with Crippen molar-refractivity contribution in [3.8, 4) is 5.75 Å². The smallest absolute Gasteiger partial charge is 0.249 e. The molecule has 1 atom stereocenters. The van der Waals surface area contributed by atoms with Crippen molar-refractivity contribution in [1.29, 1.82) is 0 Å². The number of benzene rings is 1. The Morgan fingerprint density at radius 3 is 2.96 bits per heavy atom. The van der Waals surface area contributed by atoms with E-state index in [2.05, 4.69) is 17.2 Å². The van der Waals surface area contributed by atoms with E-state index in [9.17, 15) is 9.59 Å². The number of nitrogens with one attached hydrogen (secondary N) is 1. The third-order valence-corrected chi connectivity index (χ3v) is 4.14. The van der Waals surface area contributed by atoms with Crippen LogP contribution >= 0.6 is 0 Å². The number of carbonyl (C=O) groups excluding carboxylic acids is 2. The Morgan fingerprint density at radius 1 is 1.35 bits per heavy atom. The quantitative estimate of drug-likeness (QED) is 0.645. The first-order chi connectivity index (χ1) is 11.2. The van der Waals surface area contributed by atoms with Crippen molar-refractivity contribution in [2.24, 2.45) is 4.99 Å². The Labute approximate surface area is 135 Å². The van der Waals surface area contributed by atoms with E-state index in [1.165, 1.54) is 0 Å². The van der Waals surface area contributed by atoms with Crippen molar-refractivity contribution in [3.05, 3.63) is 23.8 Å². The number of amides is 2. The highest BCUT2D eigenvalue weighted by Crippen LogP contribution is 2.33. The molecule has 3 rings (SSSR count). The van der Waals surface area contributed by atoms with E-state index in [0.717, 1.165) is 36.3 Å². The van der Waals surface area contributed by atoms with E-state index in [-0.39, 0.29) is 18.2 Å². The van der Waals surface area contributed by atoms with Crippen molar-refractivity contribution in [2.75, 3.05) is 6.61 Å². The lowest BCUT2D eigenvalue weighted by Crippen LogP contribution is -2.40. The molecule has 1 saturated heterocycles. The van der Waals surface area contributed by atoms with Gasteiger partial charge in [-0.3, -0.25) is 14.9 Å². The molecule has 0 spiro atoms. The molecule has 1 fully saturated rings. The van der Waals surface area contributed by atoms with E-state index in [0.29, 0.717) is 13.2 Å². The summed E-state index contributed by atoms with van der Waals surface area (Å²) in [7, 11) is 0. The maximum Gasteiger partial charge on any atom is 0.249 e. The molecule has 0 bridgehead atoms. The number of aliphatic imine (C=N–C) groups is 1. The molecule has 1 aromatic carbocycles. The predicted molar refractivity (Wildman–Crippen MR) is 86.7 cm³/mol. The number of hydrogen-bond acceptors (Lipinski definition) is 5. The Hall–Kier alpha value is -2.37. The van der Waals surface area contributed by atoms with Gasteiger partial charge in [-0.2, -0.15) is 0 Å². The fourth-order valence-electron chi connectivity index (χ4n) is 2.86. The summed E-state index contributed by atoms with van der Waals surface area (Å²) >= 11 is 0. The molecule has 2 aliphatic heterocycles. The van der Waals surface area contributed by atoms with Crippen LogP contribution in [0.2, 0.25) is 0 Å². The Balaban J connectivity index is 1.73. The summed E-state index contributed by atoms with van der Waals surface area (Å²) < 4.78 is 5.90. The molecular formula is C17H21N3O3. The molecule has 0 aromatic heterocycles. The Morgan fingerprint density at radius 2 is 2.22 bits per heavy atom. The highest BCUT2D eigenvalue weighted by molar-refractivity contribution is 6.06. The zero-order valence-electron chi connectivity index (χ0n) is 13.2. The monoisotopic (exact) mass is 315 g/mol. The van der Waals surface area contributed by atoms with Gasteiger partial charge in [0.2, 0.25) is 11.8 Å². The summed E-state index contributed by atoms with van der Waals surface area (Å²) in [6.07, 6.45) is 5.14. The predicted octanol–water partition coefficient (Wildman–Crippen LogP) is 2.15. The summed E-state index contributed by atoms with van der Waals surface area (Å²) in [5.41, 5.74) is 1.83. The summed E-state index contributed by atoms with van der Waals surface area (Å²) in [5, 5.41) is 2.34. The minimum atomic E-state index is -0.479. The average molecular weight is 315 g/mol. The van der Waals surface area contributed by atoms with Gasteiger partial charge in [-0.05, 0) is 18.6 Å². The topological polar surface area (TPSA) is 71.0 Å². The van der Waals surface area contributed by atoms with E-state index in [1.54, 1.807) is 6.34 Å². The van der Waals surface area contributed by atoms with Gasteiger partial charge in [0, 0.05) is 5.56 Å². The summed E-state index contributed by atoms with van der Waals surface area (Å²) in [6, 6.07) is 5.31. The van der Waals surface area contributed by atoms with Crippen LogP contribution in [0.1, 0.15) is 38.2 Å². The second kappa shape index (κ2) is 6.81. The molecule has 0 saturated carbocycles. The fourth-order valence-corrected chi connectivity index (χ4v) is 2.86. The highest BCUT2D eigenvalue weighted by atomic mass is 16.5. The number of ether oxygens (including phenoxy) is 1. The van der Waals surface area contributed by atoms with Gasteiger partial charge >= 0.3 is 0 Å². The maximum atomic E-state index is 11.9. The molecule has 23 heavy (non-hydrogen) atoms. The first-order valence-corrected chi connectivity index (χ1v) is 8.07. The van der Waals surface area contributed by atoms with Gasteiger partial charge in [0.05, 0.1) is 31.6 Å². The molecule has 1 aromatic rings. The molecular weight excluding hydrogens is 294 g/mol. The van der Waals surface area contributed by atoms with Gasteiger partial charge in [-0.15, -0.1) is 0 Å². The van der Waals surface area contributed by atoms with Crippen molar-refractivity contribution in [3.63, 3.8) is 0 Å². The molecule has 0 aliphatic carbocycles. The summed E-state index contributed by atoms with van der Waals surface area (Å²) in [4.78, 5) is 29.5. The Kier molecular flexibility index (Phi) is 4.60. The molecule has 1 unspecified atom stereocenters. The molecule has 0 radical (unpaired) electrons. The molecule has 1 N–H and O–H groups in total. The minimum absolute atomic E-state index is 0.180. The van der Waals surface area contributed by atoms with Crippen LogP contribution in [0.4, 0.5) is 5.69 Å². The zero-order valence-corrected chi connectivity index (χ0v) is 13.2. The second-order valence-corrected chi connectivity index (χ2v) is 5.86. The van der Waals surface area contributed by atoms with Crippen LogP contribution in [-0.2, 0) is 16.1 Å². The number of fused-ring (bicyclic) bond motifs is 1. The summed E-state index contributed by atoms with van der Waals surface area (Å²) in [5.74, 6) is 0.319. The molecule has 2 heterocycles. The molecule has 6 nitrogen and oxygen atoms in total. The third kappa shape index (κ3) is 3.36. The first kappa shape index (κ1) is 15.5. The van der Waals surface area contributed by atoms with Gasteiger partial charge in [0.15, 0.2) is 0 Å². The number of carbonyl (C=O) groups is 2. The van der Waals surface area contributed by atoms with Crippen LogP contribution in [0.25, 0.3) is 0 Å². The largest absolute Gasteiger partial charge is 0.493 e. The van der Waals surface area contributed by atoms with Gasteiger partial charge < -0.3 is 9.64 Å². The van der Waals surface area contributed by atoms with Crippen LogP contribution in [0.15, 0.2) is 23.2 Å². The molecule has 122 valence electrons. The number of rotatable bonds is 6. The van der Waals surface area contributed by atoms with E-state index >= 15 is 0 Å². The number of nitrogens with zero attached hydrogens (tertiary/aromatic N) is 2. The second-order valence-electron chi connectivity index (χ2n) is 5.86. The molecule has 2 amide bonds. The highest BCUT2D eigenvalue weighted by Gasteiger charge is 2.35. The zero-order chi connectivity index (χ0) is 16.2. The first-order valence-electron chi connectivity index (χ1n) is 8.07. The minimum Gasteiger partial charge on any atom is -0.493 e. The van der Waals surface area contributed by atoms with Gasteiger partial charge in [0.1, 0.15) is 11.8 Å². The van der Waals surface area contributed by atoms with Crippen LogP contribution in [0, 0.1) is 0 Å². The normalized spacial score (nSPS) is 19.7. The Bertz CT molecular complexity index is 642. The van der Waals surface area contributed by atoms with Crippen LogP contribution in [0.5, 0.6) is 5.75 Å². The lowest BCUT2D eigenvalue weighted by molar-refractivity contribution is -0.125. The van der Waals surface area contributed by atoms with Gasteiger partial charge in [0.25, 0.3) is 0 Å². The standard InChI is InChI=1S/C17H21N3O3/c1-2-3-4-8-23-15-7-5-6-13-12(15)10-20(11-18-13)14-9-16(21)19-17(14)22/h5-7,11,14H,2-4,8-10H2,1H3,(H,19,21,22). The van der Waals surface area contributed by atoms with Gasteiger partial charge in [-0.25, -0.2) is 4.99 Å². The van der Waals surface area contributed by atoms with E-state index < -0.39 is 6.04 Å². The van der Waals surface area contributed by atoms with Crippen LogP contribution in [-0.4, -0.2) is 35.7 Å². The van der Waals surface area contributed by atoms with E-state index in [1.807, 2.05) is 23.1 Å². The van der Waals surface area contributed by atoms with Crippen LogP contribution in [0.3, 0.4) is 0 Å². The van der Waals surface area contributed by atoms with E-state index in [4.69, 9.17) is 4.74 Å². The summed E-state index contributed by atoms with van der Waals surface area (Å²) in [6.45, 7) is 3.36.